The molecule has 0 radical (unpaired) electrons. The van der Waals surface area contributed by atoms with Crippen molar-refractivity contribution >= 4 is 39.3 Å². The zero-order chi connectivity index (χ0) is 34.3. The first-order chi connectivity index (χ1) is 24.3. The molecule has 0 amide bonds. The fourth-order valence-electron chi connectivity index (χ4n) is 10.1. The van der Waals surface area contributed by atoms with Gasteiger partial charge in [0.05, 0.1) is 36.9 Å². The number of carbonyl (C=O) groups excluding carboxylic acids is 1. The van der Waals surface area contributed by atoms with Crippen molar-refractivity contribution in [2.24, 2.45) is 23.7 Å². The minimum absolute atomic E-state index is 0.000823. The van der Waals surface area contributed by atoms with Gasteiger partial charge in [-0.25, -0.2) is 4.79 Å². The highest BCUT2D eigenvalue weighted by atomic mass is 16.5. The molecule has 50 heavy (non-hydrogen) atoms. The van der Waals surface area contributed by atoms with Crippen LogP contribution in [-0.4, -0.2) is 69.7 Å². The molecule has 0 bridgehead atoms. The third kappa shape index (κ3) is 4.77. The molecule has 9 nitrogen and oxygen atoms in total. The summed E-state index contributed by atoms with van der Waals surface area (Å²) in [7, 11) is 1.42. The standard InChI is InChI=1S/C41H44N4O5/c1-4-23-18-44-14-13-26-25-9-5-7-11-33(25)42-38(26)35(44)16-28(23)30(40(46)47)15-24-19-45-20-31-22(2)50-21-32(41(48)49-3)29(31)17-36(45)39-37(24)27-10-6-8-12-34(27)43-39/h4-12,19,21-22,28-31,35-36,42-43H,13-18,20H2,1-3H3,(H,46,47)/b23-4-/t22-,28?,29-,30-,31?,35-,36?/m0/s1. The summed E-state index contributed by atoms with van der Waals surface area (Å²) >= 11 is 0. The minimum Gasteiger partial charge on any atom is -0.497 e. The molecular weight excluding hydrogens is 628 g/mol. The van der Waals surface area contributed by atoms with Gasteiger partial charge >= 0.3 is 11.9 Å². The second-order valence-corrected chi connectivity index (χ2v) is 14.9. The number of nitrogens with zero attached hydrogens (tertiary/aromatic N) is 2. The van der Waals surface area contributed by atoms with E-state index in [9.17, 15) is 14.7 Å². The van der Waals surface area contributed by atoms with Gasteiger partial charge in [0, 0.05) is 76.4 Å². The normalized spacial score (nSPS) is 28.8. The Morgan fingerprint density at radius 1 is 1.04 bits per heavy atom. The van der Waals surface area contributed by atoms with Gasteiger partial charge < -0.3 is 29.4 Å². The zero-order valence-corrected chi connectivity index (χ0v) is 28.8. The van der Waals surface area contributed by atoms with E-state index in [4.69, 9.17) is 9.47 Å². The molecule has 2 fully saturated rings. The van der Waals surface area contributed by atoms with E-state index >= 15 is 0 Å². The number of esters is 1. The smallest absolute Gasteiger partial charge is 0.337 e. The lowest BCUT2D eigenvalue weighted by Crippen LogP contribution is -2.49. The number of rotatable bonds is 5. The Hall–Kier alpha value is -4.76. The number of ether oxygens (including phenoxy) is 2. The number of carbonyl (C=O) groups is 2. The Balaban J connectivity index is 1.09. The van der Waals surface area contributed by atoms with Crippen molar-refractivity contribution in [2.75, 3.05) is 26.7 Å². The molecule has 0 spiro atoms. The number of H-pyrrole nitrogens is 2. The molecule has 5 aliphatic heterocycles. The number of para-hydroxylation sites is 2. The van der Waals surface area contributed by atoms with Crippen LogP contribution in [0, 0.1) is 23.7 Å². The summed E-state index contributed by atoms with van der Waals surface area (Å²) in [6.45, 7) is 6.59. The van der Waals surface area contributed by atoms with Gasteiger partial charge in [-0.15, -0.1) is 0 Å². The van der Waals surface area contributed by atoms with Crippen molar-refractivity contribution < 1.29 is 24.2 Å². The summed E-state index contributed by atoms with van der Waals surface area (Å²) in [5.41, 5.74) is 9.93. The number of carboxylic acid groups (broad SMARTS) is 1. The number of aromatic nitrogens is 2. The van der Waals surface area contributed by atoms with E-state index in [1.54, 1.807) is 6.26 Å². The fourth-order valence-corrected chi connectivity index (χ4v) is 10.1. The van der Waals surface area contributed by atoms with Gasteiger partial charge in [-0.2, -0.15) is 0 Å². The monoisotopic (exact) mass is 672 g/mol. The first-order valence-corrected chi connectivity index (χ1v) is 18.1. The van der Waals surface area contributed by atoms with Crippen molar-refractivity contribution in [3.63, 3.8) is 0 Å². The lowest BCUT2D eigenvalue weighted by Gasteiger charge is -2.49. The molecule has 7 atom stereocenters. The van der Waals surface area contributed by atoms with Crippen LogP contribution < -0.4 is 0 Å². The van der Waals surface area contributed by atoms with E-state index < -0.39 is 11.9 Å². The summed E-state index contributed by atoms with van der Waals surface area (Å²) < 4.78 is 11.2. The number of benzene rings is 2. The molecule has 9 rings (SSSR count). The molecule has 2 aromatic heterocycles. The molecule has 7 heterocycles. The topological polar surface area (TPSA) is 111 Å². The highest BCUT2D eigenvalue weighted by Gasteiger charge is 2.48. The van der Waals surface area contributed by atoms with Gasteiger partial charge in [0.1, 0.15) is 6.10 Å². The molecule has 5 aliphatic rings. The number of allylic oxidation sites excluding steroid dienone is 2. The van der Waals surface area contributed by atoms with Crippen molar-refractivity contribution in [3.05, 3.63) is 101 Å². The summed E-state index contributed by atoms with van der Waals surface area (Å²) in [5, 5.41) is 13.4. The number of fused-ring (bicyclic) bond motifs is 11. The van der Waals surface area contributed by atoms with Crippen LogP contribution in [0.3, 0.4) is 0 Å². The number of aromatic amines is 2. The quantitative estimate of drug-likeness (QED) is 0.153. The highest BCUT2D eigenvalue weighted by Crippen LogP contribution is 2.52. The average molecular weight is 673 g/mol. The number of hydrogen-bond acceptors (Lipinski definition) is 6. The summed E-state index contributed by atoms with van der Waals surface area (Å²) in [6.07, 6.45) is 8.87. The Morgan fingerprint density at radius 3 is 2.54 bits per heavy atom. The van der Waals surface area contributed by atoms with E-state index in [-0.39, 0.29) is 41.9 Å². The maximum Gasteiger partial charge on any atom is 0.337 e. The van der Waals surface area contributed by atoms with Gasteiger partial charge in [-0.1, -0.05) is 48.0 Å². The molecule has 2 saturated heterocycles. The molecule has 258 valence electrons. The molecule has 0 saturated carbocycles. The van der Waals surface area contributed by atoms with Gasteiger partial charge in [-0.3, -0.25) is 9.69 Å². The predicted molar refractivity (Wildman–Crippen MR) is 192 cm³/mol. The Kier molecular flexibility index (Phi) is 7.46. The van der Waals surface area contributed by atoms with Crippen molar-refractivity contribution in [3.8, 4) is 0 Å². The lowest BCUT2D eigenvalue weighted by molar-refractivity contribution is -0.143. The van der Waals surface area contributed by atoms with Crippen LogP contribution >= 0.6 is 0 Å². The number of piperidine rings is 2. The molecule has 4 aromatic rings. The molecule has 3 N–H and O–H groups in total. The van der Waals surface area contributed by atoms with E-state index in [1.807, 2.05) is 6.07 Å². The molecular formula is C41H44N4O5. The van der Waals surface area contributed by atoms with Crippen LogP contribution in [0.25, 0.3) is 27.4 Å². The van der Waals surface area contributed by atoms with Crippen molar-refractivity contribution in [2.45, 2.75) is 57.7 Å². The maximum atomic E-state index is 13.5. The predicted octanol–water partition coefficient (Wildman–Crippen LogP) is 7.12. The summed E-state index contributed by atoms with van der Waals surface area (Å²) in [4.78, 5) is 38.7. The molecule has 3 unspecified atom stereocenters. The van der Waals surface area contributed by atoms with E-state index in [1.165, 1.54) is 29.3 Å². The second-order valence-electron chi connectivity index (χ2n) is 14.9. The highest BCUT2D eigenvalue weighted by molar-refractivity contribution is 5.96. The number of hydrogen-bond donors (Lipinski definition) is 3. The second kappa shape index (κ2) is 11.9. The van der Waals surface area contributed by atoms with Crippen LogP contribution in [0.15, 0.2) is 78.2 Å². The van der Waals surface area contributed by atoms with Crippen LogP contribution in [0.2, 0.25) is 0 Å². The SMILES string of the molecule is C/C=C1/CN2CCc3c([nH]c4ccccc34)[C@@H]2CC1[C@H](CC1=CN2CC3[C@H](C)OC=C(C(=O)OC)[C@H]3CC2c2[nH]c3ccccc3c21)C(=O)O. The third-order valence-electron chi connectivity index (χ3n) is 12.6. The Labute approximate surface area is 291 Å². The van der Waals surface area contributed by atoms with Gasteiger partial charge in [0.15, 0.2) is 0 Å². The number of carboxylic acids is 1. The molecule has 9 heteroatoms. The zero-order valence-electron chi connectivity index (χ0n) is 28.8. The Bertz CT molecular complexity index is 2120. The van der Waals surface area contributed by atoms with Gasteiger partial charge in [0.2, 0.25) is 0 Å². The largest absolute Gasteiger partial charge is 0.497 e. The number of aliphatic carboxylic acids is 1. The van der Waals surface area contributed by atoms with E-state index in [2.05, 4.69) is 88.4 Å². The van der Waals surface area contributed by atoms with Crippen molar-refractivity contribution in [1.29, 1.82) is 0 Å². The fraction of sp³-hybridized carbons (Fsp3) is 0.415. The first kappa shape index (κ1) is 31.2. The van der Waals surface area contributed by atoms with E-state index in [0.29, 0.717) is 18.5 Å². The molecule has 2 aromatic carbocycles. The lowest BCUT2D eigenvalue weighted by atomic mass is 9.70. The first-order valence-electron chi connectivity index (χ1n) is 18.1. The van der Waals surface area contributed by atoms with Crippen molar-refractivity contribution in [1.82, 2.24) is 19.8 Å². The third-order valence-corrected chi connectivity index (χ3v) is 12.6. The van der Waals surface area contributed by atoms with Gasteiger partial charge in [-0.05, 0) is 68.7 Å². The van der Waals surface area contributed by atoms with Crippen LogP contribution in [0.1, 0.15) is 67.7 Å². The van der Waals surface area contributed by atoms with Crippen LogP contribution in [0.5, 0.6) is 0 Å². The Morgan fingerprint density at radius 2 is 1.78 bits per heavy atom. The van der Waals surface area contributed by atoms with Crippen LogP contribution in [0.4, 0.5) is 0 Å². The molecule has 0 aliphatic carbocycles. The van der Waals surface area contributed by atoms with E-state index in [0.717, 1.165) is 65.6 Å². The summed E-state index contributed by atoms with van der Waals surface area (Å²) in [5.74, 6) is -1.68. The summed E-state index contributed by atoms with van der Waals surface area (Å²) in [6, 6.07) is 17.0. The minimum atomic E-state index is -0.749. The average Bonchev–Trinajstić information content (AvgIpc) is 3.72. The number of nitrogens with one attached hydrogen (secondary N) is 2. The van der Waals surface area contributed by atoms with Crippen LogP contribution in [-0.2, 0) is 25.5 Å². The van der Waals surface area contributed by atoms with Gasteiger partial charge in [0.25, 0.3) is 0 Å². The maximum absolute atomic E-state index is 13.5. The number of methoxy groups -OCH3 is 1.